The third-order valence-corrected chi connectivity index (χ3v) is 2.44. The molecule has 0 saturated heterocycles. The minimum atomic E-state index is -0.362. The lowest BCUT2D eigenvalue weighted by molar-refractivity contribution is 0.0601. The molecule has 0 heterocycles. The monoisotopic (exact) mass is 243 g/mol. The molecule has 18 heavy (non-hydrogen) atoms. The summed E-state index contributed by atoms with van der Waals surface area (Å²) in [6, 6.07) is 13.7. The molecule has 0 unspecified atom stereocenters. The summed E-state index contributed by atoms with van der Waals surface area (Å²) in [6.07, 6.45) is 0. The zero-order chi connectivity index (χ0) is 13.0. The molecule has 0 amide bonds. The minimum Gasteiger partial charge on any atom is -0.508 e. The highest BCUT2D eigenvalue weighted by molar-refractivity contribution is 5.89. The van der Waals surface area contributed by atoms with E-state index < -0.39 is 0 Å². The topological polar surface area (TPSA) is 58.6 Å². The van der Waals surface area contributed by atoms with Gasteiger partial charge in [0.25, 0.3) is 0 Å². The van der Waals surface area contributed by atoms with Crippen LogP contribution in [-0.2, 0) is 4.74 Å². The lowest BCUT2D eigenvalue weighted by atomic mass is 10.2. The smallest absolute Gasteiger partial charge is 0.337 e. The number of benzene rings is 2. The molecule has 92 valence electrons. The number of hydrogen-bond donors (Lipinski definition) is 2. The molecular weight excluding hydrogens is 230 g/mol. The van der Waals surface area contributed by atoms with Gasteiger partial charge < -0.3 is 15.2 Å². The van der Waals surface area contributed by atoms with Crippen LogP contribution in [0.1, 0.15) is 10.4 Å². The van der Waals surface area contributed by atoms with Gasteiger partial charge in [-0.3, -0.25) is 0 Å². The van der Waals surface area contributed by atoms with Crippen molar-refractivity contribution >= 4 is 17.3 Å². The van der Waals surface area contributed by atoms with E-state index in [-0.39, 0.29) is 11.7 Å². The molecule has 0 bridgehead atoms. The molecule has 0 fully saturated rings. The number of rotatable bonds is 3. The fraction of sp³-hybridized carbons (Fsp3) is 0.0714. The molecular formula is C14H13NO3. The van der Waals surface area contributed by atoms with Gasteiger partial charge in [-0.25, -0.2) is 4.79 Å². The van der Waals surface area contributed by atoms with Crippen molar-refractivity contribution in [3.05, 3.63) is 54.1 Å². The Labute approximate surface area is 105 Å². The number of aromatic hydroxyl groups is 1. The Morgan fingerprint density at radius 1 is 1.11 bits per heavy atom. The second-order valence-electron chi connectivity index (χ2n) is 3.74. The second kappa shape index (κ2) is 5.23. The molecule has 0 aliphatic heterocycles. The molecule has 4 heteroatoms. The zero-order valence-electron chi connectivity index (χ0n) is 9.88. The van der Waals surface area contributed by atoms with Crippen LogP contribution in [0, 0.1) is 0 Å². The van der Waals surface area contributed by atoms with Gasteiger partial charge in [0.15, 0.2) is 0 Å². The van der Waals surface area contributed by atoms with Crippen molar-refractivity contribution in [1.82, 2.24) is 0 Å². The normalized spacial score (nSPS) is 9.83. The summed E-state index contributed by atoms with van der Waals surface area (Å²) >= 11 is 0. The van der Waals surface area contributed by atoms with E-state index in [1.165, 1.54) is 7.11 Å². The van der Waals surface area contributed by atoms with E-state index >= 15 is 0 Å². The number of phenolic OH excluding ortho intramolecular Hbond substituents is 1. The molecule has 0 aliphatic rings. The summed E-state index contributed by atoms with van der Waals surface area (Å²) in [5, 5.41) is 12.5. The summed E-state index contributed by atoms with van der Waals surface area (Å²) in [6.45, 7) is 0. The van der Waals surface area contributed by atoms with Crippen molar-refractivity contribution in [1.29, 1.82) is 0 Å². The van der Waals surface area contributed by atoms with E-state index in [0.29, 0.717) is 5.56 Å². The van der Waals surface area contributed by atoms with E-state index in [1.807, 2.05) is 6.07 Å². The first kappa shape index (κ1) is 12.0. The molecule has 2 aromatic carbocycles. The number of esters is 1. The molecule has 0 atom stereocenters. The van der Waals surface area contributed by atoms with Crippen LogP contribution in [0.4, 0.5) is 11.4 Å². The number of anilines is 2. The second-order valence-corrected chi connectivity index (χ2v) is 3.74. The van der Waals surface area contributed by atoms with Crippen molar-refractivity contribution in [2.24, 2.45) is 0 Å². The van der Waals surface area contributed by atoms with E-state index in [2.05, 4.69) is 10.1 Å². The molecule has 4 nitrogen and oxygen atoms in total. The van der Waals surface area contributed by atoms with Gasteiger partial charge in [-0.15, -0.1) is 0 Å². The number of carbonyl (C=O) groups excluding carboxylic acids is 1. The number of hydrogen-bond acceptors (Lipinski definition) is 4. The summed E-state index contributed by atoms with van der Waals surface area (Å²) < 4.78 is 4.62. The first-order chi connectivity index (χ1) is 8.69. The van der Waals surface area contributed by atoms with Gasteiger partial charge in [0.05, 0.1) is 12.7 Å². The maximum absolute atomic E-state index is 11.3. The van der Waals surface area contributed by atoms with Crippen molar-refractivity contribution in [3.63, 3.8) is 0 Å². The number of nitrogens with one attached hydrogen (secondary N) is 1. The summed E-state index contributed by atoms with van der Waals surface area (Å²) in [7, 11) is 1.35. The van der Waals surface area contributed by atoms with Crippen molar-refractivity contribution in [3.8, 4) is 5.75 Å². The third kappa shape index (κ3) is 2.79. The fourth-order valence-corrected chi connectivity index (χ4v) is 1.56. The Balaban J connectivity index is 2.13. The first-order valence-corrected chi connectivity index (χ1v) is 5.43. The molecule has 0 saturated carbocycles. The average molecular weight is 243 g/mol. The van der Waals surface area contributed by atoms with E-state index in [0.717, 1.165) is 11.4 Å². The number of methoxy groups -OCH3 is 1. The Bertz CT molecular complexity index is 549. The van der Waals surface area contributed by atoms with Gasteiger partial charge in [-0.1, -0.05) is 6.07 Å². The quantitative estimate of drug-likeness (QED) is 0.814. The first-order valence-electron chi connectivity index (χ1n) is 5.43. The highest BCUT2D eigenvalue weighted by atomic mass is 16.5. The van der Waals surface area contributed by atoms with E-state index in [9.17, 15) is 9.90 Å². The van der Waals surface area contributed by atoms with Gasteiger partial charge in [0.2, 0.25) is 0 Å². The zero-order valence-corrected chi connectivity index (χ0v) is 9.88. The molecule has 0 aliphatic carbocycles. The predicted octanol–water partition coefficient (Wildman–Crippen LogP) is 2.92. The summed E-state index contributed by atoms with van der Waals surface area (Å²) in [5.41, 5.74) is 2.10. The largest absolute Gasteiger partial charge is 0.508 e. The maximum Gasteiger partial charge on any atom is 0.337 e. The van der Waals surface area contributed by atoms with Crippen LogP contribution in [-0.4, -0.2) is 18.2 Å². The van der Waals surface area contributed by atoms with Crippen LogP contribution >= 0.6 is 0 Å². The molecule has 0 aromatic heterocycles. The predicted molar refractivity (Wildman–Crippen MR) is 69.2 cm³/mol. The molecule has 2 N–H and O–H groups in total. The van der Waals surface area contributed by atoms with Crippen molar-refractivity contribution < 1.29 is 14.6 Å². The Kier molecular flexibility index (Phi) is 3.48. The fourth-order valence-electron chi connectivity index (χ4n) is 1.56. The SMILES string of the molecule is COC(=O)c1ccc(Nc2cccc(O)c2)cc1. The molecule has 0 radical (unpaired) electrons. The highest BCUT2D eigenvalue weighted by Gasteiger charge is 2.04. The molecule has 2 aromatic rings. The summed E-state index contributed by atoms with van der Waals surface area (Å²) in [4.78, 5) is 11.3. The van der Waals surface area contributed by atoms with Crippen LogP contribution in [0.25, 0.3) is 0 Å². The molecule has 2 rings (SSSR count). The lowest BCUT2D eigenvalue weighted by Gasteiger charge is -2.07. The minimum absolute atomic E-state index is 0.200. The van der Waals surface area contributed by atoms with E-state index in [4.69, 9.17) is 0 Å². The Morgan fingerprint density at radius 2 is 1.83 bits per heavy atom. The van der Waals surface area contributed by atoms with Crippen LogP contribution in [0.15, 0.2) is 48.5 Å². The third-order valence-electron chi connectivity index (χ3n) is 2.44. The maximum atomic E-state index is 11.3. The number of carbonyl (C=O) groups is 1. The van der Waals surface area contributed by atoms with Crippen LogP contribution in [0.5, 0.6) is 5.75 Å². The highest BCUT2D eigenvalue weighted by Crippen LogP contribution is 2.20. The molecule has 0 spiro atoms. The van der Waals surface area contributed by atoms with Gasteiger partial charge >= 0.3 is 5.97 Å². The van der Waals surface area contributed by atoms with E-state index in [1.54, 1.807) is 42.5 Å². The van der Waals surface area contributed by atoms with Gasteiger partial charge in [-0.05, 0) is 36.4 Å². The van der Waals surface area contributed by atoms with Gasteiger partial charge in [0, 0.05) is 17.4 Å². The lowest BCUT2D eigenvalue weighted by Crippen LogP contribution is -2.00. The Hall–Kier alpha value is -2.49. The number of ether oxygens (including phenoxy) is 1. The Morgan fingerprint density at radius 3 is 2.44 bits per heavy atom. The standard InChI is InChI=1S/C14H13NO3/c1-18-14(17)10-5-7-11(8-6-10)15-12-3-2-4-13(16)9-12/h2-9,15-16H,1H3. The van der Waals surface area contributed by atoms with Gasteiger partial charge in [-0.2, -0.15) is 0 Å². The van der Waals surface area contributed by atoms with Crippen molar-refractivity contribution in [2.75, 3.05) is 12.4 Å². The van der Waals surface area contributed by atoms with Crippen LogP contribution in [0.3, 0.4) is 0 Å². The summed E-state index contributed by atoms with van der Waals surface area (Å²) in [5.74, 6) is -0.162. The van der Waals surface area contributed by atoms with Crippen LogP contribution < -0.4 is 5.32 Å². The van der Waals surface area contributed by atoms with Gasteiger partial charge in [0.1, 0.15) is 5.75 Å². The average Bonchev–Trinajstić information content (AvgIpc) is 2.39. The number of phenols is 1. The van der Waals surface area contributed by atoms with Crippen molar-refractivity contribution in [2.45, 2.75) is 0 Å². The van der Waals surface area contributed by atoms with Crippen LogP contribution in [0.2, 0.25) is 0 Å².